The predicted molar refractivity (Wildman–Crippen MR) is 62.2 cm³/mol. The van der Waals surface area contributed by atoms with E-state index < -0.39 is 11.9 Å². The molecule has 0 atom stereocenters. The van der Waals surface area contributed by atoms with Gasteiger partial charge >= 0.3 is 11.9 Å². The summed E-state index contributed by atoms with van der Waals surface area (Å²) in [5.74, 6) is -1.46. The number of rotatable bonds is 8. The second kappa shape index (κ2) is 8.52. The lowest BCUT2D eigenvalue weighted by molar-refractivity contribution is -0.143. The van der Waals surface area contributed by atoms with Crippen molar-refractivity contribution in [2.75, 3.05) is 19.8 Å². The fourth-order valence-corrected chi connectivity index (χ4v) is 0.868. The topological polar surface area (TPSA) is 72.8 Å². The zero-order valence-electron chi connectivity index (χ0n) is 10.0. The first kappa shape index (κ1) is 15.4. The van der Waals surface area contributed by atoms with E-state index in [0.717, 1.165) is 12.8 Å². The number of hydrogen-bond acceptors (Lipinski definition) is 5. The molecule has 0 saturated carbocycles. The van der Waals surface area contributed by atoms with Crippen LogP contribution in [0.25, 0.3) is 0 Å². The van der Waals surface area contributed by atoms with Gasteiger partial charge in [-0.2, -0.15) is 0 Å². The Morgan fingerprint density at radius 1 is 1.06 bits per heavy atom. The van der Waals surface area contributed by atoms with Gasteiger partial charge in [-0.3, -0.25) is 0 Å². The van der Waals surface area contributed by atoms with Gasteiger partial charge in [0.05, 0.1) is 24.4 Å². The number of aliphatic hydroxyl groups excluding tert-OH is 1. The third-order valence-electron chi connectivity index (χ3n) is 1.91. The van der Waals surface area contributed by atoms with E-state index in [0.29, 0.717) is 0 Å². The summed E-state index contributed by atoms with van der Waals surface area (Å²) < 4.78 is 9.46. The Morgan fingerprint density at radius 3 is 1.94 bits per heavy atom. The fraction of sp³-hybridized carbons (Fsp3) is 0.500. The maximum absolute atomic E-state index is 11.4. The number of unbranched alkanes of at least 4 members (excludes halogenated alkanes) is 1. The van der Waals surface area contributed by atoms with E-state index >= 15 is 0 Å². The lowest BCUT2D eigenvalue weighted by atomic mass is 10.1. The van der Waals surface area contributed by atoms with Crippen molar-refractivity contribution in [2.45, 2.75) is 19.8 Å². The molecule has 17 heavy (non-hydrogen) atoms. The number of esters is 2. The summed E-state index contributed by atoms with van der Waals surface area (Å²) in [6.45, 7) is 8.65. The van der Waals surface area contributed by atoms with Gasteiger partial charge in [-0.05, 0) is 6.42 Å². The average Bonchev–Trinajstić information content (AvgIpc) is 2.34. The molecule has 0 aromatic carbocycles. The van der Waals surface area contributed by atoms with Crippen molar-refractivity contribution in [2.24, 2.45) is 0 Å². The van der Waals surface area contributed by atoms with Crippen molar-refractivity contribution < 1.29 is 24.2 Å². The van der Waals surface area contributed by atoms with Crippen LogP contribution in [0, 0.1) is 0 Å². The number of hydrogen-bond donors (Lipinski definition) is 1. The van der Waals surface area contributed by atoms with Crippen molar-refractivity contribution in [1.82, 2.24) is 0 Å². The number of ether oxygens (including phenoxy) is 2. The van der Waals surface area contributed by atoms with Gasteiger partial charge in [0.15, 0.2) is 0 Å². The van der Waals surface area contributed by atoms with E-state index in [1.165, 1.54) is 0 Å². The smallest absolute Gasteiger partial charge is 0.338 e. The number of carbonyl (C=O) groups is 2. The van der Waals surface area contributed by atoms with E-state index in [2.05, 4.69) is 17.9 Å². The Kier molecular flexibility index (Phi) is 7.71. The first-order valence-electron chi connectivity index (χ1n) is 5.37. The fourth-order valence-electron chi connectivity index (χ4n) is 0.868. The summed E-state index contributed by atoms with van der Waals surface area (Å²) in [5.41, 5.74) is -0.274. The number of carbonyl (C=O) groups excluding carboxylic acids is 2. The molecule has 0 spiro atoms. The van der Waals surface area contributed by atoms with Gasteiger partial charge in [0.2, 0.25) is 0 Å². The molecule has 0 aromatic rings. The molecule has 0 saturated heterocycles. The third kappa shape index (κ3) is 5.87. The Labute approximate surface area is 101 Å². The third-order valence-corrected chi connectivity index (χ3v) is 1.91. The van der Waals surface area contributed by atoms with Crippen molar-refractivity contribution >= 4 is 11.9 Å². The Bertz CT molecular complexity index is 306. The normalized spacial score (nSPS) is 9.53. The summed E-state index contributed by atoms with van der Waals surface area (Å²) in [7, 11) is 0. The molecule has 96 valence electrons. The van der Waals surface area contributed by atoms with Crippen LogP contribution in [-0.4, -0.2) is 36.9 Å². The minimum atomic E-state index is -0.781. The van der Waals surface area contributed by atoms with Gasteiger partial charge < -0.3 is 14.6 Å². The molecule has 0 fully saturated rings. The highest BCUT2D eigenvalue weighted by Gasteiger charge is 2.19. The molecule has 0 aliphatic rings. The number of aliphatic hydroxyl groups is 1. The van der Waals surface area contributed by atoms with Crippen LogP contribution >= 0.6 is 0 Å². The highest BCUT2D eigenvalue weighted by atomic mass is 16.5. The Hall–Kier alpha value is -1.62. The van der Waals surface area contributed by atoms with E-state index in [-0.39, 0.29) is 31.0 Å². The first-order chi connectivity index (χ1) is 8.04. The molecule has 0 radical (unpaired) electrons. The Morgan fingerprint density at radius 2 is 1.53 bits per heavy atom. The van der Waals surface area contributed by atoms with E-state index in [4.69, 9.17) is 9.84 Å². The van der Waals surface area contributed by atoms with Crippen molar-refractivity contribution in [1.29, 1.82) is 0 Å². The second-order valence-corrected chi connectivity index (χ2v) is 3.31. The summed E-state index contributed by atoms with van der Waals surface area (Å²) in [5, 5.41) is 8.47. The molecular weight excluding hydrogens is 224 g/mol. The van der Waals surface area contributed by atoms with Crippen LogP contribution in [-0.2, 0) is 19.1 Å². The van der Waals surface area contributed by atoms with E-state index in [9.17, 15) is 9.59 Å². The highest BCUT2D eigenvalue weighted by Crippen LogP contribution is 2.09. The van der Waals surface area contributed by atoms with Crippen LogP contribution in [0.5, 0.6) is 0 Å². The molecule has 5 heteroatoms. The largest absolute Gasteiger partial charge is 0.462 e. The average molecular weight is 242 g/mol. The Balaban J connectivity index is 4.15. The van der Waals surface area contributed by atoms with Crippen molar-refractivity contribution in [3.63, 3.8) is 0 Å². The summed E-state index contributed by atoms with van der Waals surface area (Å²) >= 11 is 0. The minimum absolute atomic E-state index is 0.121. The monoisotopic (exact) mass is 242 g/mol. The van der Waals surface area contributed by atoms with Gasteiger partial charge in [0.25, 0.3) is 0 Å². The summed E-state index contributed by atoms with van der Waals surface area (Å²) in [4.78, 5) is 22.7. The standard InChI is InChI=1S/C12H18O5/c1-4-5-7-16-11(14)9(2)10(3)12(15)17-8-6-13/h13H,2-8H2,1H3. The summed E-state index contributed by atoms with van der Waals surface area (Å²) in [6, 6.07) is 0. The molecule has 0 bridgehead atoms. The predicted octanol–water partition coefficient (Wildman–Crippen LogP) is 0.978. The van der Waals surface area contributed by atoms with Crippen molar-refractivity contribution in [3.05, 3.63) is 24.3 Å². The molecule has 0 aromatic heterocycles. The van der Waals surface area contributed by atoms with Crippen molar-refractivity contribution in [3.8, 4) is 0 Å². The maximum atomic E-state index is 11.4. The molecule has 0 heterocycles. The maximum Gasteiger partial charge on any atom is 0.338 e. The molecule has 0 aliphatic heterocycles. The molecular formula is C12H18O5. The lowest BCUT2D eigenvalue weighted by Gasteiger charge is -2.08. The molecule has 5 nitrogen and oxygen atoms in total. The van der Waals surface area contributed by atoms with Crippen LogP contribution < -0.4 is 0 Å². The highest BCUT2D eigenvalue weighted by molar-refractivity contribution is 6.06. The van der Waals surface area contributed by atoms with Gasteiger partial charge in [-0.15, -0.1) is 0 Å². The van der Waals surface area contributed by atoms with Gasteiger partial charge in [-0.1, -0.05) is 26.5 Å². The van der Waals surface area contributed by atoms with Gasteiger partial charge in [0.1, 0.15) is 6.61 Å². The molecule has 0 unspecified atom stereocenters. The zero-order chi connectivity index (χ0) is 13.3. The van der Waals surface area contributed by atoms with Gasteiger partial charge in [0, 0.05) is 0 Å². The van der Waals surface area contributed by atoms with Crippen LogP contribution in [0.2, 0.25) is 0 Å². The van der Waals surface area contributed by atoms with E-state index in [1.807, 2.05) is 6.92 Å². The van der Waals surface area contributed by atoms with Gasteiger partial charge in [-0.25, -0.2) is 9.59 Å². The molecule has 0 amide bonds. The summed E-state index contributed by atoms with van der Waals surface area (Å²) in [6.07, 6.45) is 1.65. The minimum Gasteiger partial charge on any atom is -0.462 e. The SMILES string of the molecule is C=C(C(=C)C(=O)OCCCC)C(=O)OCCO. The van der Waals surface area contributed by atoms with Crippen LogP contribution in [0.4, 0.5) is 0 Å². The molecule has 0 aliphatic carbocycles. The van der Waals surface area contributed by atoms with Crippen LogP contribution in [0.1, 0.15) is 19.8 Å². The molecule has 0 rings (SSSR count). The first-order valence-corrected chi connectivity index (χ1v) is 5.37. The van der Waals surface area contributed by atoms with Crippen LogP contribution in [0.15, 0.2) is 24.3 Å². The second-order valence-electron chi connectivity index (χ2n) is 3.31. The van der Waals surface area contributed by atoms with E-state index in [1.54, 1.807) is 0 Å². The molecule has 1 N–H and O–H groups in total. The van der Waals surface area contributed by atoms with Crippen LogP contribution in [0.3, 0.4) is 0 Å². The quantitative estimate of drug-likeness (QED) is 0.297. The zero-order valence-corrected chi connectivity index (χ0v) is 10.0. The lowest BCUT2D eigenvalue weighted by Crippen LogP contribution is -2.17.